The van der Waals surface area contributed by atoms with Crippen LogP contribution in [-0.4, -0.2) is 54.9 Å². The highest BCUT2D eigenvalue weighted by Crippen LogP contribution is 2.63. The van der Waals surface area contributed by atoms with Crippen molar-refractivity contribution in [1.82, 2.24) is 0 Å². The monoisotopic (exact) mass is 585 g/mol. The van der Waals surface area contributed by atoms with E-state index in [4.69, 9.17) is 19.2 Å². The van der Waals surface area contributed by atoms with Gasteiger partial charge in [0.25, 0.3) is 0 Å². The fourth-order valence-corrected chi connectivity index (χ4v) is 5.85. The molecule has 2 aromatic rings. The molecule has 1 amide bonds. The van der Waals surface area contributed by atoms with Gasteiger partial charge in [-0.05, 0) is 58.7 Å². The Kier molecular flexibility index (Phi) is 8.58. The number of fused-ring (bicyclic) bond motifs is 2. The van der Waals surface area contributed by atoms with Crippen molar-refractivity contribution in [3.63, 3.8) is 0 Å². The fraction of sp³-hybridized carbons (Fsp3) is 0.394. The molecule has 1 spiro atoms. The van der Waals surface area contributed by atoms with Gasteiger partial charge in [0.15, 0.2) is 0 Å². The average Bonchev–Trinajstić information content (AvgIpc) is 3.36. The molecule has 2 atom stereocenters. The second-order valence-electron chi connectivity index (χ2n) is 11.0. The van der Waals surface area contributed by atoms with E-state index in [2.05, 4.69) is 6.07 Å². The second-order valence-corrected chi connectivity index (χ2v) is 11.0. The lowest BCUT2D eigenvalue weighted by molar-refractivity contribution is -0.153. The molecule has 10 heteroatoms. The normalized spacial score (nSPS) is 22.0. The molecule has 1 heterocycles. The van der Waals surface area contributed by atoms with Crippen molar-refractivity contribution in [2.45, 2.75) is 59.0 Å². The van der Waals surface area contributed by atoms with Crippen molar-refractivity contribution >= 4 is 35.2 Å². The number of para-hydroxylation sites is 1. The number of esters is 3. The predicted octanol–water partition coefficient (Wildman–Crippen LogP) is 4.22. The molecular formula is C33H35N3O7. The molecule has 10 nitrogen and oxygen atoms in total. The van der Waals surface area contributed by atoms with Gasteiger partial charge in [0, 0.05) is 5.69 Å². The van der Waals surface area contributed by atoms with Crippen LogP contribution in [0.3, 0.4) is 0 Å². The van der Waals surface area contributed by atoms with Crippen molar-refractivity contribution in [3.05, 3.63) is 76.9 Å². The van der Waals surface area contributed by atoms with Crippen LogP contribution in [0.5, 0.6) is 0 Å². The van der Waals surface area contributed by atoms with Crippen LogP contribution >= 0.6 is 0 Å². The zero-order chi connectivity index (χ0) is 31.6. The van der Waals surface area contributed by atoms with Gasteiger partial charge in [-0.25, -0.2) is 14.4 Å². The van der Waals surface area contributed by atoms with Gasteiger partial charge in [0.1, 0.15) is 5.41 Å². The van der Waals surface area contributed by atoms with E-state index in [0.29, 0.717) is 5.69 Å². The Morgan fingerprint density at radius 1 is 0.884 bits per heavy atom. The molecule has 2 unspecified atom stereocenters. The maximum absolute atomic E-state index is 15.1. The number of aliphatic imine (C=N–C) groups is 1. The van der Waals surface area contributed by atoms with E-state index < -0.39 is 51.3 Å². The smallest absolute Gasteiger partial charge is 0.340 e. The molecule has 0 saturated heterocycles. The summed E-state index contributed by atoms with van der Waals surface area (Å²) < 4.78 is 16.3. The Labute approximate surface area is 250 Å². The predicted molar refractivity (Wildman–Crippen MR) is 158 cm³/mol. The summed E-state index contributed by atoms with van der Waals surface area (Å²) in [5.41, 5.74) is -5.93. The molecule has 0 fully saturated rings. The van der Waals surface area contributed by atoms with E-state index in [1.54, 1.807) is 65.8 Å². The lowest BCUT2D eigenvalue weighted by Gasteiger charge is -2.37. The first-order valence-electron chi connectivity index (χ1n) is 14.2. The maximum atomic E-state index is 15.1. The number of carbonyl (C=O) groups excluding carboxylic acids is 4. The third kappa shape index (κ3) is 4.79. The van der Waals surface area contributed by atoms with Crippen molar-refractivity contribution in [3.8, 4) is 6.07 Å². The van der Waals surface area contributed by atoms with Crippen LogP contribution in [0.15, 0.2) is 70.7 Å². The minimum atomic E-state index is -2.58. The zero-order valence-electron chi connectivity index (χ0n) is 25.2. The van der Waals surface area contributed by atoms with E-state index in [1.807, 2.05) is 30.3 Å². The molecule has 43 heavy (non-hydrogen) atoms. The number of hydrogen-bond acceptors (Lipinski definition) is 9. The number of nitriles is 1. The lowest BCUT2D eigenvalue weighted by atomic mass is 9.59. The Bertz CT molecular complexity index is 1560. The summed E-state index contributed by atoms with van der Waals surface area (Å²) >= 11 is 0. The largest absolute Gasteiger partial charge is 0.464 e. The topological polar surface area (TPSA) is 135 Å². The minimum Gasteiger partial charge on any atom is -0.464 e. The van der Waals surface area contributed by atoms with Gasteiger partial charge >= 0.3 is 17.9 Å². The van der Waals surface area contributed by atoms with Crippen molar-refractivity contribution in [1.29, 1.82) is 5.26 Å². The first-order chi connectivity index (χ1) is 20.5. The van der Waals surface area contributed by atoms with Crippen molar-refractivity contribution in [2.24, 2.45) is 10.4 Å². The Balaban J connectivity index is 2.25. The summed E-state index contributed by atoms with van der Waals surface area (Å²) in [7, 11) is 0. The molecule has 1 aliphatic heterocycles. The molecule has 0 N–H and O–H groups in total. The van der Waals surface area contributed by atoms with E-state index in [0.717, 1.165) is 5.56 Å². The van der Waals surface area contributed by atoms with Gasteiger partial charge < -0.3 is 19.1 Å². The van der Waals surface area contributed by atoms with Gasteiger partial charge in [-0.1, -0.05) is 48.5 Å². The van der Waals surface area contributed by atoms with Crippen LogP contribution in [0.1, 0.15) is 52.7 Å². The molecule has 2 aromatic carbocycles. The maximum Gasteiger partial charge on any atom is 0.340 e. The van der Waals surface area contributed by atoms with E-state index in [-0.39, 0.29) is 37.6 Å². The SMILES string of the molecule is CCOC(=O)C1=C(C(=O)OCC)C2(C(=O)N(Cc3ccccc3)c3ccccc32)C(C#N)(C(=O)OCC)C1=NC(C)(C)C. The highest BCUT2D eigenvalue weighted by Gasteiger charge is 2.79. The van der Waals surface area contributed by atoms with Gasteiger partial charge in [0.05, 0.1) is 54.8 Å². The minimum absolute atomic E-state index is 0.0549. The molecule has 0 saturated carbocycles. The highest BCUT2D eigenvalue weighted by molar-refractivity contribution is 6.40. The molecule has 0 radical (unpaired) electrons. The third-order valence-corrected chi connectivity index (χ3v) is 7.28. The molecular weight excluding hydrogens is 550 g/mol. The summed E-state index contributed by atoms with van der Waals surface area (Å²) in [5.74, 6) is -3.94. The Hall–Kier alpha value is -4.78. The van der Waals surface area contributed by atoms with Crippen molar-refractivity contribution < 1.29 is 33.4 Å². The summed E-state index contributed by atoms with van der Waals surface area (Å²) in [4.78, 5) is 63.5. The number of rotatable bonds is 8. The van der Waals surface area contributed by atoms with Crippen LogP contribution < -0.4 is 4.90 Å². The van der Waals surface area contributed by atoms with E-state index >= 15 is 4.79 Å². The van der Waals surface area contributed by atoms with Gasteiger partial charge in [0.2, 0.25) is 11.3 Å². The van der Waals surface area contributed by atoms with Crippen LogP contribution in [0.25, 0.3) is 0 Å². The number of benzene rings is 2. The molecule has 4 rings (SSSR count). The van der Waals surface area contributed by atoms with Gasteiger partial charge in [-0.3, -0.25) is 9.79 Å². The number of hydrogen-bond donors (Lipinski definition) is 0. The van der Waals surface area contributed by atoms with Crippen LogP contribution in [0, 0.1) is 16.7 Å². The van der Waals surface area contributed by atoms with Crippen LogP contribution in [0.4, 0.5) is 5.69 Å². The van der Waals surface area contributed by atoms with Crippen molar-refractivity contribution in [2.75, 3.05) is 24.7 Å². The lowest BCUT2D eigenvalue weighted by Crippen LogP contribution is -2.59. The zero-order valence-corrected chi connectivity index (χ0v) is 25.2. The number of carbonyl (C=O) groups is 4. The standard InChI is InChI=1S/C33H35N3O7/c1-7-41-27(37)24-25(28(38)42-8-2)33(32(20-34,30(40)43-9-3)26(24)35-31(4,5)6)22-17-13-14-18-23(22)36(29(33)39)19-21-15-11-10-12-16-21/h10-18H,7-9,19H2,1-6H3. The second kappa shape index (κ2) is 11.8. The first kappa shape index (κ1) is 31.2. The summed E-state index contributed by atoms with van der Waals surface area (Å²) in [6, 6.07) is 17.8. The van der Waals surface area contributed by atoms with E-state index in [1.165, 1.54) is 4.90 Å². The Morgan fingerprint density at radius 3 is 2.05 bits per heavy atom. The quantitative estimate of drug-likeness (QED) is 0.332. The molecule has 0 bridgehead atoms. The molecule has 224 valence electrons. The summed E-state index contributed by atoms with van der Waals surface area (Å²) in [6.07, 6.45) is 0. The Morgan fingerprint density at radius 2 is 1.47 bits per heavy atom. The fourth-order valence-electron chi connectivity index (χ4n) is 5.85. The first-order valence-corrected chi connectivity index (χ1v) is 14.2. The van der Waals surface area contributed by atoms with Crippen LogP contribution in [0.2, 0.25) is 0 Å². The molecule has 2 aliphatic rings. The number of ether oxygens (including phenoxy) is 3. The molecule has 1 aliphatic carbocycles. The third-order valence-electron chi connectivity index (χ3n) is 7.28. The number of anilines is 1. The van der Waals surface area contributed by atoms with Gasteiger partial charge in [-0.15, -0.1) is 0 Å². The van der Waals surface area contributed by atoms with Gasteiger partial charge in [-0.2, -0.15) is 5.26 Å². The summed E-state index contributed by atoms with van der Waals surface area (Å²) in [5, 5.41) is 11.2. The highest BCUT2D eigenvalue weighted by atomic mass is 16.5. The number of amides is 1. The van der Waals surface area contributed by atoms with Crippen LogP contribution in [-0.2, 0) is 45.3 Å². The average molecular weight is 586 g/mol. The molecule has 0 aromatic heterocycles. The van der Waals surface area contributed by atoms with E-state index in [9.17, 15) is 19.6 Å². The number of nitrogens with zero attached hydrogens (tertiary/aromatic N) is 3. The summed E-state index contributed by atoms with van der Waals surface area (Å²) in [6.45, 7) is 9.54.